The minimum absolute atomic E-state index is 0.0146. The predicted octanol–water partition coefficient (Wildman–Crippen LogP) is 2.87. The van der Waals surface area contributed by atoms with Crippen LogP contribution >= 0.6 is 0 Å². The summed E-state index contributed by atoms with van der Waals surface area (Å²) in [6, 6.07) is 3.97. The van der Waals surface area contributed by atoms with E-state index in [2.05, 4.69) is 40.1 Å². The summed E-state index contributed by atoms with van der Waals surface area (Å²) in [5.41, 5.74) is 1.12. The quantitative estimate of drug-likeness (QED) is 0.288. The molecule has 1 aliphatic carbocycles. The summed E-state index contributed by atoms with van der Waals surface area (Å²) in [7, 11) is -3.44. The van der Waals surface area contributed by atoms with Gasteiger partial charge in [-0.1, -0.05) is 0 Å². The van der Waals surface area contributed by atoms with Gasteiger partial charge in [0, 0.05) is 57.9 Å². The first-order chi connectivity index (χ1) is 21.4. The molecular formula is C30H43N9O4S. The zero-order valence-corrected chi connectivity index (χ0v) is 26.2. The highest BCUT2D eigenvalue weighted by Gasteiger charge is 2.25. The highest BCUT2D eigenvalue weighted by Crippen LogP contribution is 2.33. The molecule has 0 unspecified atom stereocenters. The molecule has 5 heterocycles. The van der Waals surface area contributed by atoms with Crippen LogP contribution in [0.25, 0.3) is 10.9 Å². The van der Waals surface area contributed by atoms with Gasteiger partial charge in [0.15, 0.2) is 5.75 Å². The van der Waals surface area contributed by atoms with Gasteiger partial charge in [-0.05, 0) is 51.0 Å². The fourth-order valence-electron chi connectivity index (χ4n) is 6.08. The Morgan fingerprint density at radius 3 is 2.43 bits per heavy atom. The van der Waals surface area contributed by atoms with Gasteiger partial charge in [-0.2, -0.15) is 4.98 Å². The Kier molecular flexibility index (Phi) is 9.77. The molecule has 0 atom stereocenters. The van der Waals surface area contributed by atoms with Crippen molar-refractivity contribution in [1.29, 1.82) is 0 Å². The molecule has 3 fully saturated rings. The fourth-order valence-corrected chi connectivity index (χ4v) is 6.62. The second kappa shape index (κ2) is 14.1. The van der Waals surface area contributed by atoms with Gasteiger partial charge in [0.1, 0.15) is 18.5 Å². The molecule has 0 bridgehead atoms. The van der Waals surface area contributed by atoms with E-state index in [1.807, 2.05) is 6.07 Å². The third kappa shape index (κ3) is 8.36. The number of nitrogens with zero attached hydrogens (tertiary/aromatic N) is 6. The molecule has 13 nitrogen and oxygen atoms in total. The molecule has 2 aliphatic heterocycles. The molecule has 0 radical (unpaired) electrons. The van der Waals surface area contributed by atoms with Gasteiger partial charge in [0.05, 0.1) is 41.4 Å². The van der Waals surface area contributed by atoms with E-state index in [-0.39, 0.29) is 12.1 Å². The number of anilines is 3. The molecule has 14 heteroatoms. The van der Waals surface area contributed by atoms with E-state index >= 15 is 0 Å². The minimum Gasteiger partial charge on any atom is -0.489 e. The molecule has 3 aliphatic rings. The van der Waals surface area contributed by atoms with Gasteiger partial charge in [-0.15, -0.1) is 0 Å². The van der Waals surface area contributed by atoms with Crippen molar-refractivity contribution in [1.82, 2.24) is 30.2 Å². The third-order valence-electron chi connectivity index (χ3n) is 8.41. The van der Waals surface area contributed by atoms with Crippen molar-refractivity contribution in [3.8, 4) is 11.6 Å². The summed E-state index contributed by atoms with van der Waals surface area (Å²) in [5.74, 6) is 2.63. The Morgan fingerprint density at radius 2 is 1.70 bits per heavy atom. The normalized spacial score (nSPS) is 21.6. The van der Waals surface area contributed by atoms with Crippen LogP contribution in [0.1, 0.15) is 44.9 Å². The van der Waals surface area contributed by atoms with Crippen molar-refractivity contribution in [3.63, 3.8) is 0 Å². The number of aromatic nitrogens is 4. The number of piperazine rings is 1. The number of piperidine rings is 1. The van der Waals surface area contributed by atoms with Crippen LogP contribution in [0.4, 0.5) is 17.5 Å². The Bertz CT molecular complexity index is 1490. The maximum absolute atomic E-state index is 11.9. The number of fused-ring (bicyclic) bond motifs is 1. The lowest BCUT2D eigenvalue weighted by Gasteiger charge is -2.31. The smallest absolute Gasteiger partial charge is 0.229 e. The first-order valence-electron chi connectivity index (χ1n) is 15.7. The van der Waals surface area contributed by atoms with Crippen LogP contribution in [-0.4, -0.2) is 104 Å². The molecule has 3 aromatic heterocycles. The van der Waals surface area contributed by atoms with Crippen molar-refractivity contribution in [2.45, 2.75) is 57.1 Å². The first kappa shape index (κ1) is 30.5. The number of rotatable bonds is 11. The number of hydrogen-bond donors (Lipinski definition) is 3. The van der Waals surface area contributed by atoms with E-state index < -0.39 is 10.0 Å². The van der Waals surface area contributed by atoms with Gasteiger partial charge in [0.25, 0.3) is 0 Å². The van der Waals surface area contributed by atoms with Crippen molar-refractivity contribution in [2.75, 3.05) is 73.6 Å². The van der Waals surface area contributed by atoms with Crippen LogP contribution in [0.2, 0.25) is 0 Å². The van der Waals surface area contributed by atoms with Crippen molar-refractivity contribution < 1.29 is 17.9 Å². The lowest BCUT2D eigenvalue weighted by atomic mass is 9.93. The predicted molar refractivity (Wildman–Crippen MR) is 171 cm³/mol. The number of hydrogen-bond acceptors (Lipinski definition) is 12. The van der Waals surface area contributed by atoms with E-state index in [1.54, 1.807) is 24.7 Å². The van der Waals surface area contributed by atoms with E-state index in [1.165, 1.54) is 6.42 Å². The molecule has 0 aromatic carbocycles. The first-order valence-corrected chi connectivity index (χ1v) is 17.6. The van der Waals surface area contributed by atoms with Gasteiger partial charge in [-0.25, -0.2) is 18.4 Å². The summed E-state index contributed by atoms with van der Waals surface area (Å²) in [6.45, 7) is 7.58. The fraction of sp³-hybridized carbons (Fsp3) is 0.600. The number of pyridine rings is 2. The lowest BCUT2D eigenvalue weighted by Crippen LogP contribution is -2.44. The van der Waals surface area contributed by atoms with E-state index in [0.717, 1.165) is 102 Å². The zero-order chi connectivity index (χ0) is 30.4. The Hall–Kier alpha value is -3.49. The number of nitrogens with one attached hydrogen (secondary N) is 3. The van der Waals surface area contributed by atoms with Crippen LogP contribution < -0.4 is 29.7 Å². The summed E-state index contributed by atoms with van der Waals surface area (Å²) < 4.78 is 38.6. The van der Waals surface area contributed by atoms with E-state index in [0.29, 0.717) is 35.3 Å². The molecule has 3 aromatic rings. The largest absolute Gasteiger partial charge is 0.489 e. The molecule has 1 saturated carbocycles. The average Bonchev–Trinajstić information content (AvgIpc) is 3.03. The second-order valence-corrected chi connectivity index (χ2v) is 13.7. The van der Waals surface area contributed by atoms with Crippen LogP contribution in [0.15, 0.2) is 30.7 Å². The van der Waals surface area contributed by atoms with Crippen molar-refractivity contribution in [3.05, 3.63) is 30.7 Å². The Labute approximate surface area is 259 Å². The topological polar surface area (TPSA) is 147 Å². The van der Waals surface area contributed by atoms with Gasteiger partial charge in [-0.3, -0.25) is 14.6 Å². The number of ether oxygens (including phenoxy) is 2. The Morgan fingerprint density at radius 1 is 0.955 bits per heavy atom. The summed E-state index contributed by atoms with van der Waals surface area (Å²) in [4.78, 5) is 23.1. The SMILES string of the molecule is CS(=O)(=O)Nc1cnc2cc(N3CCCCC3)nc(OC3CCC(Nc4ncc(OCCN5CCNCC5)cn4)CC3)c2c1. The third-order valence-corrected chi connectivity index (χ3v) is 9.02. The van der Waals surface area contributed by atoms with E-state index in [4.69, 9.17) is 14.5 Å². The lowest BCUT2D eigenvalue weighted by molar-refractivity contribution is 0.146. The summed E-state index contributed by atoms with van der Waals surface area (Å²) in [5, 5.41) is 7.52. The summed E-state index contributed by atoms with van der Waals surface area (Å²) >= 11 is 0. The van der Waals surface area contributed by atoms with Crippen LogP contribution in [0, 0.1) is 0 Å². The zero-order valence-electron chi connectivity index (χ0n) is 25.4. The van der Waals surface area contributed by atoms with Crippen LogP contribution in [0.3, 0.4) is 0 Å². The van der Waals surface area contributed by atoms with Crippen LogP contribution in [-0.2, 0) is 10.0 Å². The minimum atomic E-state index is -3.44. The maximum Gasteiger partial charge on any atom is 0.229 e. The molecule has 6 rings (SSSR count). The van der Waals surface area contributed by atoms with Gasteiger partial charge >= 0.3 is 0 Å². The molecule has 3 N–H and O–H groups in total. The van der Waals surface area contributed by atoms with Crippen molar-refractivity contribution in [2.24, 2.45) is 0 Å². The summed E-state index contributed by atoms with van der Waals surface area (Å²) in [6.07, 6.45) is 13.1. The highest BCUT2D eigenvalue weighted by atomic mass is 32.2. The monoisotopic (exact) mass is 625 g/mol. The molecule has 238 valence electrons. The molecular weight excluding hydrogens is 582 g/mol. The molecule has 2 saturated heterocycles. The van der Waals surface area contributed by atoms with Gasteiger partial charge in [0.2, 0.25) is 21.9 Å². The van der Waals surface area contributed by atoms with Crippen LogP contribution in [0.5, 0.6) is 11.6 Å². The molecule has 0 amide bonds. The second-order valence-electron chi connectivity index (χ2n) is 11.9. The molecule has 0 spiro atoms. The average molecular weight is 626 g/mol. The molecule has 44 heavy (non-hydrogen) atoms. The van der Waals surface area contributed by atoms with E-state index in [9.17, 15) is 8.42 Å². The van der Waals surface area contributed by atoms with Gasteiger partial charge < -0.3 is 25.0 Å². The van der Waals surface area contributed by atoms with Crippen molar-refractivity contribution >= 4 is 38.4 Å². The Balaban J connectivity index is 1.06. The standard InChI is InChI=1S/C30H43N9O4S/c1-44(40,41)37-23-17-26-27(32-19-23)18-28(39-11-3-2-4-12-39)36-29(26)43-24-7-5-22(6-8-24)35-30-33-20-25(21-34-30)42-16-15-38-13-9-31-10-14-38/h17-22,24,31,37H,2-16H2,1H3,(H,33,34,35). The maximum atomic E-state index is 11.9. The number of sulfonamides is 1. The highest BCUT2D eigenvalue weighted by molar-refractivity contribution is 7.92.